The molecule has 0 aromatic heterocycles. The van der Waals surface area contributed by atoms with Crippen molar-refractivity contribution >= 4 is 29.9 Å². The number of nitrogens with zero attached hydrogens (tertiary/aromatic N) is 3. The van der Waals surface area contributed by atoms with Gasteiger partial charge in [0.15, 0.2) is 5.96 Å². The molecule has 0 atom stereocenters. The number of piperidine rings is 1. The number of benzene rings is 1. The number of hydrogen-bond acceptors (Lipinski definition) is 3. The summed E-state index contributed by atoms with van der Waals surface area (Å²) in [5.41, 5.74) is 0. The lowest BCUT2D eigenvalue weighted by Gasteiger charge is -2.34. The van der Waals surface area contributed by atoms with E-state index in [1.54, 1.807) is 0 Å². The molecule has 0 bridgehead atoms. The van der Waals surface area contributed by atoms with Crippen LogP contribution >= 0.6 is 24.0 Å². The van der Waals surface area contributed by atoms with Gasteiger partial charge in [-0.15, -0.1) is 24.0 Å². The van der Waals surface area contributed by atoms with Gasteiger partial charge in [-0.05, 0) is 51.0 Å². The smallest absolute Gasteiger partial charge is 0.193 e. The van der Waals surface area contributed by atoms with Crippen LogP contribution < -0.4 is 10.1 Å². The molecule has 0 saturated carbocycles. The maximum atomic E-state index is 6.10. The first-order chi connectivity index (χ1) is 13.3. The van der Waals surface area contributed by atoms with Crippen molar-refractivity contribution in [3.63, 3.8) is 0 Å². The van der Waals surface area contributed by atoms with Crippen molar-refractivity contribution in [2.45, 2.75) is 51.0 Å². The third-order valence-corrected chi connectivity index (χ3v) is 5.63. The Morgan fingerprint density at radius 1 is 1.04 bits per heavy atom. The Morgan fingerprint density at radius 3 is 2.36 bits per heavy atom. The molecule has 1 N–H and O–H groups in total. The molecular weight excluding hydrogens is 463 g/mol. The van der Waals surface area contributed by atoms with E-state index in [4.69, 9.17) is 4.74 Å². The molecule has 0 amide bonds. The van der Waals surface area contributed by atoms with Gasteiger partial charge in [0, 0.05) is 39.5 Å². The van der Waals surface area contributed by atoms with Crippen molar-refractivity contribution in [3.05, 3.63) is 30.3 Å². The van der Waals surface area contributed by atoms with Gasteiger partial charge in [-0.3, -0.25) is 4.99 Å². The van der Waals surface area contributed by atoms with Gasteiger partial charge in [-0.2, -0.15) is 0 Å². The van der Waals surface area contributed by atoms with Crippen LogP contribution in [0.25, 0.3) is 0 Å². The Hall–Kier alpha value is -1.02. The van der Waals surface area contributed by atoms with E-state index < -0.39 is 0 Å². The highest BCUT2D eigenvalue weighted by Gasteiger charge is 2.22. The molecule has 28 heavy (non-hydrogen) atoms. The highest BCUT2D eigenvalue weighted by atomic mass is 127. The highest BCUT2D eigenvalue weighted by molar-refractivity contribution is 14.0. The van der Waals surface area contributed by atoms with Gasteiger partial charge in [0.1, 0.15) is 11.9 Å². The molecule has 0 radical (unpaired) electrons. The first-order valence-electron chi connectivity index (χ1n) is 10.7. The highest BCUT2D eigenvalue weighted by Crippen LogP contribution is 2.18. The summed E-state index contributed by atoms with van der Waals surface area (Å²) in [5.74, 6) is 2.02. The summed E-state index contributed by atoms with van der Waals surface area (Å²) in [7, 11) is 1.89. The summed E-state index contributed by atoms with van der Waals surface area (Å²) in [5, 5.41) is 3.57. The van der Waals surface area contributed by atoms with Crippen molar-refractivity contribution < 1.29 is 4.74 Å². The molecule has 0 aliphatic carbocycles. The molecule has 5 nitrogen and oxygen atoms in total. The zero-order valence-electron chi connectivity index (χ0n) is 17.3. The van der Waals surface area contributed by atoms with Crippen LogP contribution in [0.15, 0.2) is 35.3 Å². The monoisotopic (exact) mass is 500 g/mol. The van der Waals surface area contributed by atoms with Crippen LogP contribution in [0, 0.1) is 0 Å². The summed E-state index contributed by atoms with van der Waals surface area (Å²) >= 11 is 0. The van der Waals surface area contributed by atoms with Crippen LogP contribution in [0.3, 0.4) is 0 Å². The molecule has 2 aliphatic rings. The number of rotatable bonds is 6. The molecule has 1 aromatic carbocycles. The maximum Gasteiger partial charge on any atom is 0.193 e. The molecule has 2 saturated heterocycles. The Morgan fingerprint density at radius 2 is 1.71 bits per heavy atom. The Kier molecular flexibility index (Phi) is 11.0. The molecule has 0 unspecified atom stereocenters. The van der Waals surface area contributed by atoms with E-state index >= 15 is 0 Å². The number of likely N-dealkylation sites (tertiary alicyclic amines) is 2. The van der Waals surface area contributed by atoms with Crippen molar-refractivity contribution in [2.24, 2.45) is 4.99 Å². The topological polar surface area (TPSA) is 40.1 Å². The van der Waals surface area contributed by atoms with Gasteiger partial charge in [0.05, 0.1) is 0 Å². The number of halogens is 1. The molecule has 2 fully saturated rings. The number of guanidine groups is 1. The molecule has 2 aliphatic heterocycles. The zero-order valence-corrected chi connectivity index (χ0v) is 19.6. The van der Waals surface area contributed by atoms with E-state index in [2.05, 4.69) is 20.1 Å². The minimum absolute atomic E-state index is 0. The molecule has 1 aromatic rings. The van der Waals surface area contributed by atoms with Gasteiger partial charge in [0.25, 0.3) is 0 Å². The van der Waals surface area contributed by atoms with E-state index in [1.807, 2.05) is 37.4 Å². The first-order valence-corrected chi connectivity index (χ1v) is 10.7. The maximum absolute atomic E-state index is 6.10. The van der Waals surface area contributed by atoms with E-state index in [-0.39, 0.29) is 24.0 Å². The fourth-order valence-corrected chi connectivity index (χ4v) is 4.07. The third-order valence-electron chi connectivity index (χ3n) is 5.63. The summed E-state index contributed by atoms with van der Waals surface area (Å²) in [6, 6.07) is 10.2. The average Bonchev–Trinajstić information content (AvgIpc) is 2.99. The lowest BCUT2D eigenvalue weighted by molar-refractivity contribution is 0.129. The van der Waals surface area contributed by atoms with Crippen LogP contribution in [-0.2, 0) is 0 Å². The lowest BCUT2D eigenvalue weighted by atomic mass is 10.1. The molecule has 0 spiro atoms. The largest absolute Gasteiger partial charge is 0.490 e. The SMILES string of the molecule is CN=C(NCCCN1CCCCCC1)N1CCC(Oc2ccccc2)CC1.I. The quantitative estimate of drug-likeness (QED) is 0.278. The second-order valence-corrected chi connectivity index (χ2v) is 7.70. The van der Waals surface area contributed by atoms with E-state index in [1.165, 1.54) is 51.7 Å². The minimum Gasteiger partial charge on any atom is -0.490 e. The van der Waals surface area contributed by atoms with Crippen LogP contribution in [0.5, 0.6) is 5.75 Å². The van der Waals surface area contributed by atoms with E-state index in [0.29, 0.717) is 6.10 Å². The number of aliphatic imine (C=N–C) groups is 1. The summed E-state index contributed by atoms with van der Waals surface area (Å²) in [6.07, 6.45) is 9.14. The summed E-state index contributed by atoms with van der Waals surface area (Å²) in [4.78, 5) is 9.50. The van der Waals surface area contributed by atoms with Crippen molar-refractivity contribution in [3.8, 4) is 5.75 Å². The molecular formula is C22H37IN4O. The molecule has 6 heteroatoms. The number of nitrogens with one attached hydrogen (secondary N) is 1. The second kappa shape index (κ2) is 13.2. The lowest BCUT2D eigenvalue weighted by Crippen LogP contribution is -2.48. The van der Waals surface area contributed by atoms with Crippen LogP contribution in [0.2, 0.25) is 0 Å². The Bertz CT molecular complexity index is 553. The van der Waals surface area contributed by atoms with Crippen LogP contribution in [-0.4, -0.2) is 68.2 Å². The number of ether oxygens (including phenoxy) is 1. The average molecular weight is 500 g/mol. The summed E-state index contributed by atoms with van der Waals surface area (Å²) in [6.45, 7) is 6.78. The van der Waals surface area contributed by atoms with Gasteiger partial charge in [0.2, 0.25) is 0 Å². The van der Waals surface area contributed by atoms with Crippen LogP contribution in [0.4, 0.5) is 0 Å². The molecule has 158 valence electrons. The normalized spacial score (nSPS) is 19.6. The summed E-state index contributed by atoms with van der Waals surface area (Å²) < 4.78 is 6.10. The predicted molar refractivity (Wildman–Crippen MR) is 128 cm³/mol. The number of hydrogen-bond donors (Lipinski definition) is 1. The Balaban J connectivity index is 0.00000280. The Labute approximate surface area is 187 Å². The third kappa shape index (κ3) is 7.78. The zero-order chi connectivity index (χ0) is 18.7. The predicted octanol–water partition coefficient (Wildman–Crippen LogP) is 3.99. The van der Waals surface area contributed by atoms with Gasteiger partial charge < -0.3 is 19.9 Å². The van der Waals surface area contributed by atoms with Crippen molar-refractivity contribution in [2.75, 3.05) is 46.3 Å². The molecule has 3 rings (SSSR count). The number of para-hydroxylation sites is 1. The standard InChI is InChI=1S/C22H36N4O.HI/c1-23-22(24-14-9-17-25-15-7-2-3-8-16-25)26-18-12-21(13-19-26)27-20-10-5-4-6-11-20;/h4-6,10-11,21H,2-3,7-9,12-19H2,1H3,(H,23,24);1H. The van der Waals surface area contributed by atoms with Crippen LogP contribution in [0.1, 0.15) is 44.9 Å². The van der Waals surface area contributed by atoms with E-state index in [9.17, 15) is 0 Å². The van der Waals surface area contributed by atoms with Gasteiger partial charge >= 0.3 is 0 Å². The van der Waals surface area contributed by atoms with Crippen molar-refractivity contribution in [1.29, 1.82) is 0 Å². The second-order valence-electron chi connectivity index (χ2n) is 7.70. The van der Waals surface area contributed by atoms with Gasteiger partial charge in [-0.25, -0.2) is 0 Å². The first kappa shape index (κ1) is 23.3. The minimum atomic E-state index is 0. The van der Waals surface area contributed by atoms with Gasteiger partial charge in [-0.1, -0.05) is 31.0 Å². The fraction of sp³-hybridized carbons (Fsp3) is 0.682. The van der Waals surface area contributed by atoms with Crippen molar-refractivity contribution in [1.82, 2.24) is 15.1 Å². The molecule has 2 heterocycles. The van der Waals surface area contributed by atoms with E-state index in [0.717, 1.165) is 44.2 Å². The fourth-order valence-electron chi connectivity index (χ4n) is 4.07.